The molecule has 1 amide bonds. The molecule has 0 unspecified atom stereocenters. The van der Waals surface area contributed by atoms with Crippen LogP contribution in [0.3, 0.4) is 0 Å². The first-order chi connectivity index (χ1) is 9.99. The quantitative estimate of drug-likeness (QED) is 0.919. The standard InChI is InChI=1S/C16H22Cl2N2O/c1-11(19)13-5-3-9-20(10-13)15(21)8-7-12-4-2-6-14(17)16(12)18/h2,4,6,11,13H,3,5,7-10,19H2,1H3/t11-,13-/m0/s1. The summed E-state index contributed by atoms with van der Waals surface area (Å²) in [6.45, 7) is 3.63. The minimum Gasteiger partial charge on any atom is -0.342 e. The number of likely N-dealkylation sites (tertiary alicyclic amines) is 1. The van der Waals surface area contributed by atoms with E-state index in [4.69, 9.17) is 28.9 Å². The number of amides is 1. The molecule has 0 bridgehead atoms. The number of carbonyl (C=O) groups excluding carboxylic acids is 1. The van der Waals surface area contributed by atoms with Crippen molar-refractivity contribution in [2.45, 2.75) is 38.6 Å². The maximum absolute atomic E-state index is 12.3. The average molecular weight is 329 g/mol. The van der Waals surface area contributed by atoms with Gasteiger partial charge in [-0.05, 0) is 43.7 Å². The number of halogens is 2. The zero-order chi connectivity index (χ0) is 15.4. The molecule has 1 aliphatic heterocycles. The van der Waals surface area contributed by atoms with Crippen LogP contribution in [0.1, 0.15) is 31.7 Å². The molecular formula is C16H22Cl2N2O. The molecule has 1 aliphatic rings. The molecule has 5 heteroatoms. The van der Waals surface area contributed by atoms with Crippen molar-refractivity contribution in [1.82, 2.24) is 4.90 Å². The predicted octanol–water partition coefficient (Wildman–Crippen LogP) is 3.51. The number of hydrogen-bond donors (Lipinski definition) is 1. The second kappa shape index (κ2) is 7.48. The Balaban J connectivity index is 1.91. The lowest BCUT2D eigenvalue weighted by Gasteiger charge is -2.34. The molecule has 3 nitrogen and oxygen atoms in total. The number of piperidine rings is 1. The Morgan fingerprint density at radius 1 is 1.48 bits per heavy atom. The van der Waals surface area contributed by atoms with Crippen LogP contribution in [-0.2, 0) is 11.2 Å². The monoisotopic (exact) mass is 328 g/mol. The van der Waals surface area contributed by atoms with Gasteiger partial charge in [0.25, 0.3) is 0 Å². The Bertz CT molecular complexity index is 505. The van der Waals surface area contributed by atoms with Crippen molar-refractivity contribution in [3.63, 3.8) is 0 Å². The Kier molecular flexibility index (Phi) is 5.91. The Morgan fingerprint density at radius 3 is 2.95 bits per heavy atom. The Hall–Kier alpha value is -0.770. The van der Waals surface area contributed by atoms with Crippen molar-refractivity contribution in [3.05, 3.63) is 33.8 Å². The van der Waals surface area contributed by atoms with E-state index in [-0.39, 0.29) is 11.9 Å². The third-order valence-corrected chi connectivity index (χ3v) is 5.05. The lowest BCUT2D eigenvalue weighted by atomic mass is 9.92. The third-order valence-electron chi connectivity index (χ3n) is 4.19. The van der Waals surface area contributed by atoms with Gasteiger partial charge in [0.15, 0.2) is 0 Å². The van der Waals surface area contributed by atoms with Gasteiger partial charge in [-0.25, -0.2) is 0 Å². The fourth-order valence-corrected chi connectivity index (χ4v) is 3.22. The van der Waals surface area contributed by atoms with Gasteiger partial charge in [0.2, 0.25) is 5.91 Å². The Labute approximate surface area is 136 Å². The van der Waals surface area contributed by atoms with Crippen LogP contribution in [0.2, 0.25) is 10.0 Å². The molecule has 21 heavy (non-hydrogen) atoms. The first-order valence-electron chi connectivity index (χ1n) is 7.45. The van der Waals surface area contributed by atoms with Gasteiger partial charge in [0.1, 0.15) is 0 Å². The topological polar surface area (TPSA) is 46.3 Å². The van der Waals surface area contributed by atoms with Crippen LogP contribution in [0.4, 0.5) is 0 Å². The molecule has 2 atom stereocenters. The van der Waals surface area contributed by atoms with Crippen molar-refractivity contribution in [3.8, 4) is 0 Å². The summed E-state index contributed by atoms with van der Waals surface area (Å²) < 4.78 is 0. The van der Waals surface area contributed by atoms with Crippen molar-refractivity contribution in [2.24, 2.45) is 11.7 Å². The van der Waals surface area contributed by atoms with Gasteiger partial charge in [-0.15, -0.1) is 0 Å². The number of benzene rings is 1. The first-order valence-corrected chi connectivity index (χ1v) is 8.21. The van der Waals surface area contributed by atoms with Gasteiger partial charge < -0.3 is 10.6 Å². The summed E-state index contributed by atoms with van der Waals surface area (Å²) in [7, 11) is 0. The SMILES string of the molecule is C[C@H](N)[C@H]1CCCN(C(=O)CCc2cccc(Cl)c2Cl)C1. The van der Waals surface area contributed by atoms with E-state index in [2.05, 4.69) is 0 Å². The van der Waals surface area contributed by atoms with E-state index in [1.807, 2.05) is 24.0 Å². The van der Waals surface area contributed by atoms with E-state index in [1.165, 1.54) is 0 Å². The highest BCUT2D eigenvalue weighted by Crippen LogP contribution is 2.27. The van der Waals surface area contributed by atoms with Gasteiger partial charge in [-0.1, -0.05) is 35.3 Å². The van der Waals surface area contributed by atoms with Crippen LogP contribution in [0.25, 0.3) is 0 Å². The highest BCUT2D eigenvalue weighted by Gasteiger charge is 2.25. The molecule has 1 heterocycles. The zero-order valence-corrected chi connectivity index (χ0v) is 13.8. The molecule has 0 aromatic heterocycles. The lowest BCUT2D eigenvalue weighted by Crippen LogP contribution is -2.45. The van der Waals surface area contributed by atoms with Crippen LogP contribution in [0, 0.1) is 5.92 Å². The summed E-state index contributed by atoms with van der Waals surface area (Å²) in [4.78, 5) is 14.3. The summed E-state index contributed by atoms with van der Waals surface area (Å²) in [5, 5.41) is 1.09. The van der Waals surface area contributed by atoms with E-state index in [9.17, 15) is 4.79 Å². The van der Waals surface area contributed by atoms with Crippen LogP contribution < -0.4 is 5.73 Å². The van der Waals surface area contributed by atoms with Gasteiger partial charge in [0.05, 0.1) is 10.0 Å². The number of aryl methyl sites for hydroxylation is 1. The van der Waals surface area contributed by atoms with Gasteiger partial charge >= 0.3 is 0 Å². The summed E-state index contributed by atoms with van der Waals surface area (Å²) in [6.07, 6.45) is 3.24. The maximum atomic E-state index is 12.3. The first kappa shape index (κ1) is 16.6. The molecule has 0 aliphatic carbocycles. The van der Waals surface area contributed by atoms with E-state index in [0.29, 0.717) is 28.8 Å². The molecule has 1 fully saturated rings. The second-order valence-electron chi connectivity index (χ2n) is 5.81. The average Bonchev–Trinajstić information content (AvgIpc) is 2.48. The summed E-state index contributed by atoms with van der Waals surface area (Å²) in [5.74, 6) is 0.592. The van der Waals surface area contributed by atoms with Gasteiger partial charge in [-0.2, -0.15) is 0 Å². The maximum Gasteiger partial charge on any atom is 0.222 e. The number of rotatable bonds is 4. The zero-order valence-electron chi connectivity index (χ0n) is 12.3. The van der Waals surface area contributed by atoms with Gasteiger partial charge in [-0.3, -0.25) is 4.79 Å². The number of hydrogen-bond acceptors (Lipinski definition) is 2. The lowest BCUT2D eigenvalue weighted by molar-refractivity contribution is -0.133. The largest absolute Gasteiger partial charge is 0.342 e. The van der Waals surface area contributed by atoms with Crippen LogP contribution in [-0.4, -0.2) is 29.9 Å². The normalized spacial score (nSPS) is 20.4. The van der Waals surface area contributed by atoms with E-state index in [1.54, 1.807) is 6.07 Å². The molecule has 1 aromatic rings. The minimum atomic E-state index is 0.142. The predicted molar refractivity (Wildman–Crippen MR) is 87.7 cm³/mol. The molecule has 1 aromatic carbocycles. The molecule has 0 saturated carbocycles. The minimum absolute atomic E-state index is 0.142. The van der Waals surface area contributed by atoms with Crippen molar-refractivity contribution in [1.29, 1.82) is 0 Å². The molecule has 116 valence electrons. The van der Waals surface area contributed by atoms with Crippen LogP contribution in [0.5, 0.6) is 0 Å². The second-order valence-corrected chi connectivity index (χ2v) is 6.60. The molecule has 2 N–H and O–H groups in total. The molecular weight excluding hydrogens is 307 g/mol. The smallest absolute Gasteiger partial charge is 0.222 e. The van der Waals surface area contributed by atoms with E-state index < -0.39 is 0 Å². The number of carbonyl (C=O) groups is 1. The summed E-state index contributed by atoms with van der Waals surface area (Å²) in [5.41, 5.74) is 6.89. The molecule has 1 saturated heterocycles. The van der Waals surface area contributed by atoms with Crippen LogP contribution in [0.15, 0.2) is 18.2 Å². The highest BCUT2D eigenvalue weighted by molar-refractivity contribution is 6.42. The van der Waals surface area contributed by atoms with E-state index >= 15 is 0 Å². The highest BCUT2D eigenvalue weighted by atomic mass is 35.5. The number of nitrogens with zero attached hydrogens (tertiary/aromatic N) is 1. The molecule has 0 spiro atoms. The summed E-state index contributed by atoms with van der Waals surface area (Å²) >= 11 is 12.1. The Morgan fingerprint density at radius 2 is 2.24 bits per heavy atom. The van der Waals surface area contributed by atoms with E-state index in [0.717, 1.165) is 31.5 Å². The van der Waals surface area contributed by atoms with Crippen molar-refractivity contribution >= 4 is 29.1 Å². The third kappa shape index (κ3) is 4.35. The van der Waals surface area contributed by atoms with Crippen molar-refractivity contribution in [2.75, 3.05) is 13.1 Å². The molecule has 0 radical (unpaired) electrons. The van der Waals surface area contributed by atoms with Gasteiger partial charge in [0, 0.05) is 25.6 Å². The molecule has 2 rings (SSSR count). The fourth-order valence-electron chi connectivity index (χ4n) is 2.81. The van der Waals surface area contributed by atoms with Crippen LogP contribution >= 0.6 is 23.2 Å². The fraction of sp³-hybridized carbons (Fsp3) is 0.562. The van der Waals surface area contributed by atoms with Crippen molar-refractivity contribution < 1.29 is 4.79 Å². The number of nitrogens with two attached hydrogens (primary N) is 1. The summed E-state index contributed by atoms with van der Waals surface area (Å²) in [6, 6.07) is 5.68.